The average molecular weight is 308 g/mol. The number of rotatable bonds is 6. The van der Waals surface area contributed by atoms with Crippen molar-refractivity contribution in [2.24, 2.45) is 28.6 Å². The summed E-state index contributed by atoms with van der Waals surface area (Å²) in [5.74, 6) is 2.65. The predicted molar refractivity (Wildman–Crippen MR) is 86.2 cm³/mol. The van der Waals surface area contributed by atoms with E-state index in [0.717, 1.165) is 30.6 Å². The van der Waals surface area contributed by atoms with Crippen LogP contribution in [0.15, 0.2) is 0 Å². The van der Waals surface area contributed by atoms with Gasteiger partial charge in [0.2, 0.25) is 6.29 Å². The highest BCUT2D eigenvalue weighted by Gasteiger charge is 2.52. The van der Waals surface area contributed by atoms with Crippen molar-refractivity contribution >= 4 is 5.97 Å². The van der Waals surface area contributed by atoms with E-state index in [4.69, 9.17) is 9.47 Å². The summed E-state index contributed by atoms with van der Waals surface area (Å²) in [6.45, 7) is 5.93. The second-order valence-electron chi connectivity index (χ2n) is 8.93. The van der Waals surface area contributed by atoms with Crippen molar-refractivity contribution in [2.75, 3.05) is 7.11 Å². The lowest BCUT2D eigenvalue weighted by molar-refractivity contribution is -0.197. The van der Waals surface area contributed by atoms with E-state index in [1.165, 1.54) is 38.5 Å². The van der Waals surface area contributed by atoms with Gasteiger partial charge in [-0.1, -0.05) is 6.92 Å². The summed E-state index contributed by atoms with van der Waals surface area (Å²) in [7, 11) is 1.68. The van der Waals surface area contributed by atoms with E-state index in [2.05, 4.69) is 0 Å². The molecule has 22 heavy (non-hydrogen) atoms. The number of hydrogen-bond donors (Lipinski definition) is 0. The summed E-state index contributed by atoms with van der Waals surface area (Å²) in [5, 5.41) is 0. The summed E-state index contributed by atoms with van der Waals surface area (Å²) in [6, 6.07) is 0. The molecule has 126 valence electrons. The quantitative estimate of drug-likeness (QED) is 0.533. The molecular formula is C19H32O3. The van der Waals surface area contributed by atoms with Crippen LogP contribution in [0, 0.1) is 28.6 Å². The second kappa shape index (κ2) is 5.81. The molecule has 3 heteroatoms. The van der Waals surface area contributed by atoms with Gasteiger partial charge in [0.05, 0.1) is 5.41 Å². The highest BCUT2D eigenvalue weighted by molar-refractivity contribution is 5.75. The monoisotopic (exact) mass is 308 g/mol. The number of hydrogen-bond acceptors (Lipinski definition) is 3. The Labute approximate surface area is 135 Å². The Kier molecular flexibility index (Phi) is 4.30. The van der Waals surface area contributed by atoms with E-state index < -0.39 is 5.41 Å². The SMILES string of the molecule is CCC(C)(C)C(=O)OC(CC12CC3CC(CC(C3)C1)C2)OC. The third-order valence-electron chi connectivity index (χ3n) is 6.70. The maximum absolute atomic E-state index is 12.3. The Morgan fingerprint density at radius 3 is 2.05 bits per heavy atom. The Balaban J connectivity index is 1.64. The lowest BCUT2D eigenvalue weighted by Gasteiger charge is -2.57. The first-order chi connectivity index (χ1) is 10.4. The molecule has 3 nitrogen and oxygen atoms in total. The molecule has 4 saturated carbocycles. The third kappa shape index (κ3) is 3.06. The summed E-state index contributed by atoms with van der Waals surface area (Å²) in [5.41, 5.74) is -0.0374. The minimum absolute atomic E-state index is 0.119. The van der Waals surface area contributed by atoms with E-state index in [9.17, 15) is 4.79 Å². The highest BCUT2D eigenvalue weighted by Crippen LogP contribution is 2.61. The van der Waals surface area contributed by atoms with Gasteiger partial charge in [0.25, 0.3) is 0 Å². The van der Waals surface area contributed by atoms with Crippen LogP contribution in [0.3, 0.4) is 0 Å². The van der Waals surface area contributed by atoms with E-state index in [-0.39, 0.29) is 12.3 Å². The predicted octanol–water partition coefficient (Wildman–Crippen LogP) is 4.54. The first-order valence-corrected chi connectivity index (χ1v) is 9.10. The Morgan fingerprint density at radius 1 is 1.14 bits per heavy atom. The molecule has 0 aromatic rings. The number of esters is 1. The Hall–Kier alpha value is -0.570. The molecule has 0 aromatic carbocycles. The molecule has 4 bridgehead atoms. The molecule has 4 fully saturated rings. The van der Waals surface area contributed by atoms with Gasteiger partial charge < -0.3 is 9.47 Å². The van der Waals surface area contributed by atoms with Gasteiger partial charge in [0.1, 0.15) is 0 Å². The van der Waals surface area contributed by atoms with Crippen molar-refractivity contribution in [3.63, 3.8) is 0 Å². The fourth-order valence-electron chi connectivity index (χ4n) is 5.49. The maximum Gasteiger partial charge on any atom is 0.313 e. The van der Waals surface area contributed by atoms with E-state index in [0.29, 0.717) is 5.41 Å². The zero-order chi connectivity index (χ0) is 16.0. The summed E-state index contributed by atoms with van der Waals surface area (Å²) in [4.78, 5) is 12.3. The molecule has 0 spiro atoms. The summed E-state index contributed by atoms with van der Waals surface area (Å²) >= 11 is 0. The molecule has 0 radical (unpaired) electrons. The van der Waals surface area contributed by atoms with Crippen LogP contribution in [0.2, 0.25) is 0 Å². The number of carbonyl (C=O) groups excluding carboxylic acids is 1. The van der Waals surface area contributed by atoms with Crippen LogP contribution in [0.5, 0.6) is 0 Å². The molecule has 0 heterocycles. The second-order valence-corrected chi connectivity index (χ2v) is 8.93. The lowest BCUT2D eigenvalue weighted by atomic mass is 9.49. The van der Waals surface area contributed by atoms with Gasteiger partial charge in [-0.2, -0.15) is 0 Å². The van der Waals surface area contributed by atoms with Crippen LogP contribution >= 0.6 is 0 Å². The van der Waals surface area contributed by atoms with Gasteiger partial charge in [-0.3, -0.25) is 4.79 Å². The van der Waals surface area contributed by atoms with E-state index in [1.807, 2.05) is 20.8 Å². The van der Waals surface area contributed by atoms with Crippen molar-refractivity contribution in [2.45, 2.75) is 78.4 Å². The molecule has 0 saturated heterocycles. The number of methoxy groups -OCH3 is 1. The topological polar surface area (TPSA) is 35.5 Å². The van der Waals surface area contributed by atoms with Crippen LogP contribution in [0.1, 0.15) is 72.1 Å². The van der Waals surface area contributed by atoms with Crippen molar-refractivity contribution in [3.05, 3.63) is 0 Å². The minimum Gasteiger partial charge on any atom is -0.435 e. The molecule has 1 unspecified atom stereocenters. The first-order valence-electron chi connectivity index (χ1n) is 9.10. The van der Waals surface area contributed by atoms with Gasteiger partial charge in [-0.05, 0) is 82.0 Å². The largest absolute Gasteiger partial charge is 0.435 e. The molecule has 0 aliphatic heterocycles. The van der Waals surface area contributed by atoms with E-state index >= 15 is 0 Å². The van der Waals surface area contributed by atoms with Crippen molar-refractivity contribution < 1.29 is 14.3 Å². The molecule has 4 rings (SSSR count). The zero-order valence-electron chi connectivity index (χ0n) is 14.7. The molecule has 4 aliphatic rings. The van der Waals surface area contributed by atoms with Crippen molar-refractivity contribution in [1.82, 2.24) is 0 Å². The highest BCUT2D eigenvalue weighted by atomic mass is 16.7. The first kappa shape index (κ1) is 16.3. The maximum atomic E-state index is 12.3. The normalized spacial score (nSPS) is 38.1. The standard InChI is InChI=1S/C19H32O3/c1-5-18(2,3)17(20)22-16(21-4)12-19-9-13-6-14(10-19)8-15(7-13)11-19/h13-16H,5-12H2,1-4H3. The molecule has 4 aliphatic carbocycles. The van der Waals surface area contributed by atoms with Gasteiger partial charge in [-0.15, -0.1) is 0 Å². The average Bonchev–Trinajstić information content (AvgIpc) is 2.44. The zero-order valence-corrected chi connectivity index (χ0v) is 14.7. The molecule has 1 atom stereocenters. The van der Waals surface area contributed by atoms with Crippen molar-refractivity contribution in [1.29, 1.82) is 0 Å². The smallest absolute Gasteiger partial charge is 0.313 e. The van der Waals surface area contributed by atoms with Crippen LogP contribution in [0.25, 0.3) is 0 Å². The van der Waals surface area contributed by atoms with Crippen molar-refractivity contribution in [3.8, 4) is 0 Å². The van der Waals surface area contributed by atoms with Gasteiger partial charge in [0.15, 0.2) is 0 Å². The van der Waals surface area contributed by atoms with Crippen LogP contribution in [-0.4, -0.2) is 19.4 Å². The van der Waals surface area contributed by atoms with Gasteiger partial charge >= 0.3 is 5.97 Å². The third-order valence-corrected chi connectivity index (χ3v) is 6.70. The lowest BCUT2D eigenvalue weighted by Crippen LogP contribution is -2.48. The Bertz CT molecular complexity index is 391. The summed E-state index contributed by atoms with van der Waals surface area (Å²) < 4.78 is 11.3. The fraction of sp³-hybridized carbons (Fsp3) is 0.947. The number of carbonyl (C=O) groups is 1. The minimum atomic E-state index is -0.418. The Morgan fingerprint density at radius 2 is 1.64 bits per heavy atom. The van der Waals surface area contributed by atoms with Crippen LogP contribution in [0.4, 0.5) is 0 Å². The fourth-order valence-corrected chi connectivity index (χ4v) is 5.49. The number of ether oxygens (including phenoxy) is 2. The molecule has 0 aromatic heterocycles. The van der Waals surface area contributed by atoms with Crippen LogP contribution in [-0.2, 0) is 14.3 Å². The molecule has 0 amide bonds. The van der Waals surface area contributed by atoms with Gasteiger partial charge in [0, 0.05) is 13.5 Å². The van der Waals surface area contributed by atoms with E-state index in [1.54, 1.807) is 7.11 Å². The van der Waals surface area contributed by atoms with Gasteiger partial charge in [-0.25, -0.2) is 0 Å². The molecule has 0 N–H and O–H groups in total. The molecular weight excluding hydrogens is 276 g/mol. The summed E-state index contributed by atoms with van der Waals surface area (Å²) in [6.07, 6.45) is 9.64. The van der Waals surface area contributed by atoms with Crippen LogP contribution < -0.4 is 0 Å².